The molecule has 3 heteroatoms. The number of rotatable bonds is 1. The molecule has 3 rings (SSSR count). The van der Waals surface area contributed by atoms with Crippen LogP contribution in [0.5, 0.6) is 0 Å². The molecule has 0 radical (unpaired) electrons. The zero-order valence-electron chi connectivity index (χ0n) is 10.9. The summed E-state index contributed by atoms with van der Waals surface area (Å²) >= 11 is 0. The van der Waals surface area contributed by atoms with E-state index in [0.717, 1.165) is 44.5 Å². The van der Waals surface area contributed by atoms with Gasteiger partial charge in [-0.15, -0.1) is 0 Å². The summed E-state index contributed by atoms with van der Waals surface area (Å²) in [5.74, 6) is 0.447. The molecule has 1 aliphatic carbocycles. The number of hydrogen-bond acceptors (Lipinski definition) is 3. The average molecular weight is 244 g/mol. The standard InChI is InChI=1S/C15H20N2O/c1-11-8-12(16)2-3-14(11)17-9-15(10-17)6-4-13(18)5-7-15/h2-3,8H,4-7,9-10,16H2,1H3. The van der Waals surface area contributed by atoms with Gasteiger partial charge in [-0.05, 0) is 43.5 Å². The molecule has 1 aromatic carbocycles. The number of anilines is 2. The monoisotopic (exact) mass is 244 g/mol. The van der Waals surface area contributed by atoms with Crippen molar-refractivity contribution in [2.75, 3.05) is 23.7 Å². The number of carbonyl (C=O) groups excluding carboxylic acids is 1. The van der Waals surface area contributed by atoms with Gasteiger partial charge in [-0.1, -0.05) is 0 Å². The number of nitrogens with zero attached hydrogens (tertiary/aromatic N) is 1. The van der Waals surface area contributed by atoms with Gasteiger partial charge in [-0.2, -0.15) is 0 Å². The van der Waals surface area contributed by atoms with E-state index in [2.05, 4.69) is 17.9 Å². The van der Waals surface area contributed by atoms with Crippen molar-refractivity contribution in [3.63, 3.8) is 0 Å². The fourth-order valence-electron chi connectivity index (χ4n) is 3.34. The molecule has 2 fully saturated rings. The number of carbonyl (C=O) groups is 1. The Bertz CT molecular complexity index is 477. The molecule has 1 heterocycles. The number of ketones is 1. The summed E-state index contributed by atoms with van der Waals surface area (Å²) in [6.07, 6.45) is 3.73. The van der Waals surface area contributed by atoms with Crippen molar-refractivity contribution in [2.45, 2.75) is 32.6 Å². The van der Waals surface area contributed by atoms with Gasteiger partial charge in [0.2, 0.25) is 0 Å². The second-order valence-corrected chi connectivity index (χ2v) is 5.94. The largest absolute Gasteiger partial charge is 0.399 e. The predicted molar refractivity (Wildman–Crippen MR) is 73.7 cm³/mol. The summed E-state index contributed by atoms with van der Waals surface area (Å²) in [6, 6.07) is 6.12. The number of benzene rings is 1. The molecule has 1 spiro atoms. The first-order valence-corrected chi connectivity index (χ1v) is 6.71. The molecular weight excluding hydrogens is 224 g/mol. The van der Waals surface area contributed by atoms with Crippen molar-refractivity contribution in [3.8, 4) is 0 Å². The Kier molecular flexibility index (Phi) is 2.58. The summed E-state index contributed by atoms with van der Waals surface area (Å²) in [5.41, 5.74) is 9.57. The average Bonchev–Trinajstić information content (AvgIpc) is 2.28. The number of nitrogen functional groups attached to an aromatic ring is 1. The van der Waals surface area contributed by atoms with E-state index in [-0.39, 0.29) is 0 Å². The molecule has 1 aliphatic heterocycles. The second-order valence-electron chi connectivity index (χ2n) is 5.94. The Morgan fingerprint density at radius 1 is 1.22 bits per heavy atom. The van der Waals surface area contributed by atoms with Gasteiger partial charge in [0, 0.05) is 42.7 Å². The summed E-state index contributed by atoms with van der Waals surface area (Å²) in [4.78, 5) is 13.7. The van der Waals surface area contributed by atoms with Gasteiger partial charge in [0.05, 0.1) is 0 Å². The lowest BCUT2D eigenvalue weighted by Crippen LogP contribution is -2.58. The van der Waals surface area contributed by atoms with Gasteiger partial charge in [-0.25, -0.2) is 0 Å². The lowest BCUT2D eigenvalue weighted by atomic mass is 9.68. The normalized spacial score (nSPS) is 22.1. The van der Waals surface area contributed by atoms with E-state index < -0.39 is 0 Å². The third-order valence-corrected chi connectivity index (χ3v) is 4.48. The van der Waals surface area contributed by atoms with Crippen molar-refractivity contribution >= 4 is 17.2 Å². The highest BCUT2D eigenvalue weighted by Gasteiger charge is 2.45. The quantitative estimate of drug-likeness (QED) is 0.772. The maximum absolute atomic E-state index is 11.3. The van der Waals surface area contributed by atoms with Crippen molar-refractivity contribution in [3.05, 3.63) is 23.8 Å². The van der Waals surface area contributed by atoms with Gasteiger partial charge >= 0.3 is 0 Å². The molecule has 1 saturated carbocycles. The Morgan fingerprint density at radius 3 is 2.50 bits per heavy atom. The first-order valence-electron chi connectivity index (χ1n) is 6.71. The smallest absolute Gasteiger partial charge is 0.132 e. The van der Waals surface area contributed by atoms with Gasteiger partial charge in [0.1, 0.15) is 5.78 Å². The third kappa shape index (κ3) is 1.88. The summed E-state index contributed by atoms with van der Waals surface area (Å²) < 4.78 is 0. The van der Waals surface area contributed by atoms with Gasteiger partial charge in [0.25, 0.3) is 0 Å². The van der Waals surface area contributed by atoms with Gasteiger partial charge in [0.15, 0.2) is 0 Å². The molecular formula is C15H20N2O. The lowest BCUT2D eigenvalue weighted by Gasteiger charge is -2.53. The zero-order valence-corrected chi connectivity index (χ0v) is 10.9. The van der Waals surface area contributed by atoms with E-state index in [1.807, 2.05) is 12.1 Å². The topological polar surface area (TPSA) is 46.3 Å². The molecule has 3 nitrogen and oxygen atoms in total. The molecule has 2 aliphatic rings. The second kappa shape index (κ2) is 4.01. The molecule has 0 atom stereocenters. The molecule has 18 heavy (non-hydrogen) atoms. The minimum Gasteiger partial charge on any atom is -0.399 e. The van der Waals surface area contributed by atoms with Gasteiger partial charge in [-0.3, -0.25) is 4.79 Å². The van der Waals surface area contributed by atoms with Crippen LogP contribution in [-0.2, 0) is 4.79 Å². The summed E-state index contributed by atoms with van der Waals surface area (Å²) in [7, 11) is 0. The van der Waals surface area contributed by atoms with Crippen LogP contribution in [0.2, 0.25) is 0 Å². The number of hydrogen-bond donors (Lipinski definition) is 1. The number of Topliss-reactive ketones (excluding diaryl/α,β-unsaturated/α-hetero) is 1. The van der Waals surface area contributed by atoms with Crippen molar-refractivity contribution in [2.24, 2.45) is 5.41 Å². The van der Waals surface area contributed by atoms with Crippen LogP contribution in [0.4, 0.5) is 11.4 Å². The molecule has 0 aromatic heterocycles. The van der Waals surface area contributed by atoms with E-state index in [0.29, 0.717) is 11.2 Å². The van der Waals surface area contributed by atoms with Crippen molar-refractivity contribution in [1.29, 1.82) is 0 Å². The third-order valence-electron chi connectivity index (χ3n) is 4.48. The van der Waals surface area contributed by atoms with Crippen LogP contribution in [0.15, 0.2) is 18.2 Å². The van der Waals surface area contributed by atoms with Crippen LogP contribution in [0.1, 0.15) is 31.2 Å². The molecule has 2 N–H and O–H groups in total. The van der Waals surface area contributed by atoms with E-state index in [9.17, 15) is 4.79 Å². The zero-order chi connectivity index (χ0) is 12.8. The Balaban J connectivity index is 1.70. The fraction of sp³-hybridized carbons (Fsp3) is 0.533. The van der Waals surface area contributed by atoms with Crippen LogP contribution in [0.3, 0.4) is 0 Å². The minimum absolute atomic E-state index is 0.418. The van der Waals surface area contributed by atoms with Crippen LogP contribution < -0.4 is 10.6 Å². The molecule has 0 amide bonds. The Labute approximate surface area is 108 Å². The molecule has 0 unspecified atom stereocenters. The highest BCUT2D eigenvalue weighted by Crippen LogP contribution is 2.45. The van der Waals surface area contributed by atoms with E-state index in [4.69, 9.17) is 5.73 Å². The number of aryl methyl sites for hydroxylation is 1. The SMILES string of the molecule is Cc1cc(N)ccc1N1CC2(CCC(=O)CC2)C1. The van der Waals surface area contributed by atoms with Crippen molar-refractivity contribution in [1.82, 2.24) is 0 Å². The molecule has 0 bridgehead atoms. The van der Waals surface area contributed by atoms with Gasteiger partial charge < -0.3 is 10.6 Å². The summed E-state index contributed by atoms with van der Waals surface area (Å²) in [6.45, 7) is 4.32. The summed E-state index contributed by atoms with van der Waals surface area (Å²) in [5, 5.41) is 0. The molecule has 96 valence electrons. The molecule has 1 saturated heterocycles. The van der Waals surface area contributed by atoms with Crippen LogP contribution in [0, 0.1) is 12.3 Å². The van der Waals surface area contributed by atoms with E-state index in [1.54, 1.807) is 0 Å². The number of nitrogens with two attached hydrogens (primary N) is 1. The maximum Gasteiger partial charge on any atom is 0.132 e. The first-order chi connectivity index (χ1) is 8.58. The fourth-order valence-corrected chi connectivity index (χ4v) is 3.34. The van der Waals surface area contributed by atoms with Crippen LogP contribution >= 0.6 is 0 Å². The van der Waals surface area contributed by atoms with Crippen LogP contribution in [-0.4, -0.2) is 18.9 Å². The Hall–Kier alpha value is -1.51. The van der Waals surface area contributed by atoms with Crippen LogP contribution in [0.25, 0.3) is 0 Å². The highest BCUT2D eigenvalue weighted by atomic mass is 16.1. The minimum atomic E-state index is 0.418. The van der Waals surface area contributed by atoms with E-state index in [1.165, 1.54) is 11.3 Å². The molecule has 1 aromatic rings. The predicted octanol–water partition coefficient (Wildman–Crippen LogP) is 2.53. The van der Waals surface area contributed by atoms with E-state index >= 15 is 0 Å². The maximum atomic E-state index is 11.3. The highest BCUT2D eigenvalue weighted by molar-refractivity contribution is 5.79. The first kappa shape index (κ1) is 11.6. The lowest BCUT2D eigenvalue weighted by molar-refractivity contribution is -0.122. The van der Waals surface area contributed by atoms with Crippen molar-refractivity contribution < 1.29 is 4.79 Å². The Morgan fingerprint density at radius 2 is 1.89 bits per heavy atom.